The first kappa shape index (κ1) is 25.2. The van der Waals surface area contributed by atoms with E-state index in [1.54, 1.807) is 22.7 Å². The molecule has 0 spiro atoms. The Morgan fingerprint density at radius 1 is 0.514 bits per heavy atom. The van der Waals surface area contributed by atoms with Crippen molar-refractivity contribution in [3.8, 4) is 34.5 Å². The van der Waals surface area contributed by atoms with E-state index in [0.717, 1.165) is 60.2 Å². The SMILES string of the molecule is CCC(CC)(c1scc2c1OCCO2)c1sc(C(CC)(CC)c2scc3c2OCCO3)c2c1OCCO2. The van der Waals surface area contributed by atoms with E-state index in [-0.39, 0.29) is 10.8 Å². The Balaban J connectivity index is 1.57. The van der Waals surface area contributed by atoms with Gasteiger partial charge in [0.1, 0.15) is 39.6 Å². The summed E-state index contributed by atoms with van der Waals surface area (Å²) in [6.45, 7) is 12.5. The standard InChI is InChI=1S/C28H34O6S3/c1-5-27(6-2,23-19-17(15-35-23)29-9-11-31-19)25-21-22(34-14-13-33-21)26(37-25)28(7-3,8-4)24-20-18(16-36-24)30-10-12-32-20/h15-16H,5-14H2,1-4H3. The molecule has 0 atom stereocenters. The summed E-state index contributed by atoms with van der Waals surface area (Å²) in [6, 6.07) is 0. The largest absolute Gasteiger partial charge is 0.485 e. The second-order valence-electron chi connectivity index (χ2n) is 9.60. The summed E-state index contributed by atoms with van der Waals surface area (Å²) in [5.74, 6) is 5.33. The summed E-state index contributed by atoms with van der Waals surface area (Å²) in [5.41, 5.74) is -0.511. The van der Waals surface area contributed by atoms with E-state index in [1.807, 2.05) is 11.3 Å². The Labute approximate surface area is 230 Å². The van der Waals surface area contributed by atoms with Crippen molar-refractivity contribution in [2.24, 2.45) is 0 Å². The first-order valence-corrected chi connectivity index (χ1v) is 15.9. The van der Waals surface area contributed by atoms with Crippen LogP contribution in [0.25, 0.3) is 0 Å². The van der Waals surface area contributed by atoms with Crippen molar-refractivity contribution in [3.05, 3.63) is 30.3 Å². The van der Waals surface area contributed by atoms with Gasteiger partial charge >= 0.3 is 0 Å². The Hall–Kier alpha value is -2.10. The normalized spacial score (nSPS) is 16.6. The topological polar surface area (TPSA) is 55.4 Å². The Morgan fingerprint density at radius 2 is 0.865 bits per heavy atom. The molecule has 0 saturated heterocycles. The van der Waals surface area contributed by atoms with Gasteiger partial charge in [0.25, 0.3) is 0 Å². The lowest BCUT2D eigenvalue weighted by atomic mass is 9.77. The van der Waals surface area contributed by atoms with E-state index in [1.165, 1.54) is 19.5 Å². The average molecular weight is 563 g/mol. The molecule has 6 nitrogen and oxygen atoms in total. The summed E-state index contributed by atoms with van der Waals surface area (Å²) in [7, 11) is 0. The fourth-order valence-electron chi connectivity index (χ4n) is 5.96. The predicted molar refractivity (Wildman–Crippen MR) is 149 cm³/mol. The van der Waals surface area contributed by atoms with Gasteiger partial charge in [-0.3, -0.25) is 0 Å². The second-order valence-corrected chi connectivity index (χ2v) is 12.4. The van der Waals surface area contributed by atoms with Crippen molar-refractivity contribution in [2.75, 3.05) is 39.6 Å². The Bertz CT molecular complexity index is 1170. The summed E-state index contributed by atoms with van der Waals surface area (Å²) < 4.78 is 37.2. The molecular weight excluding hydrogens is 529 g/mol. The third-order valence-electron chi connectivity index (χ3n) is 8.15. The number of thiophene rings is 3. The Kier molecular flexibility index (Phi) is 6.74. The third kappa shape index (κ3) is 3.67. The van der Waals surface area contributed by atoms with Crippen molar-refractivity contribution < 1.29 is 28.4 Å². The van der Waals surface area contributed by atoms with E-state index in [9.17, 15) is 0 Å². The van der Waals surface area contributed by atoms with Gasteiger partial charge in [-0.1, -0.05) is 27.7 Å². The molecule has 3 aromatic heterocycles. The molecule has 3 aliphatic heterocycles. The van der Waals surface area contributed by atoms with Crippen LogP contribution < -0.4 is 28.4 Å². The first-order chi connectivity index (χ1) is 18.1. The van der Waals surface area contributed by atoms with Crippen LogP contribution in [0.3, 0.4) is 0 Å². The van der Waals surface area contributed by atoms with E-state index in [4.69, 9.17) is 28.4 Å². The molecule has 9 heteroatoms. The highest BCUT2D eigenvalue weighted by atomic mass is 32.1. The molecule has 0 amide bonds. The monoisotopic (exact) mass is 562 g/mol. The van der Waals surface area contributed by atoms with Crippen LogP contribution in [0.2, 0.25) is 0 Å². The average Bonchev–Trinajstić information content (AvgIpc) is 3.69. The number of ether oxygens (including phenoxy) is 6. The molecule has 0 radical (unpaired) electrons. The molecule has 200 valence electrons. The maximum absolute atomic E-state index is 6.47. The van der Waals surface area contributed by atoms with Gasteiger partial charge in [0.05, 0.1) is 19.5 Å². The van der Waals surface area contributed by atoms with Crippen molar-refractivity contribution in [1.82, 2.24) is 0 Å². The smallest absolute Gasteiger partial charge is 0.176 e. The molecular formula is C28H34O6S3. The molecule has 37 heavy (non-hydrogen) atoms. The molecule has 6 heterocycles. The van der Waals surface area contributed by atoms with Crippen LogP contribution in [-0.4, -0.2) is 39.6 Å². The van der Waals surface area contributed by atoms with Crippen molar-refractivity contribution in [1.29, 1.82) is 0 Å². The molecule has 0 N–H and O–H groups in total. The predicted octanol–water partition coefficient (Wildman–Crippen LogP) is 7.40. The molecule has 0 saturated carbocycles. The molecule has 3 aliphatic rings. The zero-order chi connectivity index (χ0) is 25.6. The maximum Gasteiger partial charge on any atom is 0.176 e. The van der Waals surface area contributed by atoms with E-state index < -0.39 is 0 Å². The zero-order valence-electron chi connectivity index (χ0n) is 21.9. The maximum atomic E-state index is 6.47. The summed E-state index contributed by atoms with van der Waals surface area (Å²) >= 11 is 5.33. The molecule has 0 fully saturated rings. The summed E-state index contributed by atoms with van der Waals surface area (Å²) in [5, 5.41) is 4.19. The van der Waals surface area contributed by atoms with Crippen molar-refractivity contribution in [3.63, 3.8) is 0 Å². The fraction of sp³-hybridized carbons (Fsp3) is 0.571. The zero-order valence-corrected chi connectivity index (χ0v) is 24.3. The lowest BCUT2D eigenvalue weighted by Gasteiger charge is -2.33. The van der Waals surface area contributed by atoms with Crippen LogP contribution >= 0.6 is 34.0 Å². The lowest BCUT2D eigenvalue weighted by molar-refractivity contribution is 0.163. The highest BCUT2D eigenvalue weighted by molar-refractivity contribution is 7.14. The van der Waals surface area contributed by atoms with E-state index in [2.05, 4.69) is 38.5 Å². The number of rotatable bonds is 8. The van der Waals surface area contributed by atoms with E-state index in [0.29, 0.717) is 39.6 Å². The van der Waals surface area contributed by atoms with Gasteiger partial charge in [-0.05, 0) is 25.7 Å². The van der Waals surface area contributed by atoms with E-state index >= 15 is 0 Å². The minimum Gasteiger partial charge on any atom is -0.485 e. The first-order valence-electron chi connectivity index (χ1n) is 13.3. The van der Waals surface area contributed by atoms with Gasteiger partial charge in [-0.2, -0.15) is 0 Å². The second kappa shape index (κ2) is 9.89. The molecule has 0 unspecified atom stereocenters. The minimum absolute atomic E-state index is 0.256. The summed E-state index contributed by atoms with van der Waals surface area (Å²) in [4.78, 5) is 4.91. The van der Waals surface area contributed by atoms with Crippen LogP contribution in [0.15, 0.2) is 10.8 Å². The van der Waals surface area contributed by atoms with Gasteiger partial charge in [0, 0.05) is 21.6 Å². The molecule has 0 aliphatic carbocycles. The van der Waals surface area contributed by atoms with Gasteiger partial charge in [0.15, 0.2) is 34.5 Å². The lowest BCUT2D eigenvalue weighted by Crippen LogP contribution is -2.27. The van der Waals surface area contributed by atoms with Crippen molar-refractivity contribution >= 4 is 34.0 Å². The van der Waals surface area contributed by atoms with Gasteiger partial charge in [-0.15, -0.1) is 34.0 Å². The van der Waals surface area contributed by atoms with Gasteiger partial charge < -0.3 is 28.4 Å². The highest BCUT2D eigenvalue weighted by Gasteiger charge is 2.48. The Morgan fingerprint density at radius 3 is 1.24 bits per heavy atom. The van der Waals surface area contributed by atoms with Crippen LogP contribution in [0.4, 0.5) is 0 Å². The van der Waals surface area contributed by atoms with Crippen LogP contribution in [-0.2, 0) is 10.8 Å². The number of fused-ring (bicyclic) bond motifs is 3. The minimum atomic E-state index is -0.256. The van der Waals surface area contributed by atoms with Crippen LogP contribution in [0.1, 0.15) is 72.9 Å². The van der Waals surface area contributed by atoms with Crippen LogP contribution in [0.5, 0.6) is 34.5 Å². The number of hydrogen-bond acceptors (Lipinski definition) is 9. The molecule has 6 rings (SSSR count). The highest BCUT2D eigenvalue weighted by Crippen LogP contribution is 2.63. The molecule has 3 aromatic rings. The van der Waals surface area contributed by atoms with Gasteiger partial charge in [0.2, 0.25) is 0 Å². The van der Waals surface area contributed by atoms with Crippen molar-refractivity contribution in [2.45, 2.75) is 64.2 Å². The molecule has 0 bridgehead atoms. The quantitative estimate of drug-likeness (QED) is 0.285. The van der Waals surface area contributed by atoms with Crippen LogP contribution in [0, 0.1) is 0 Å². The summed E-state index contributed by atoms with van der Waals surface area (Å²) in [6.07, 6.45) is 3.69. The number of hydrogen-bond donors (Lipinski definition) is 0. The molecule has 0 aromatic carbocycles. The van der Waals surface area contributed by atoms with Gasteiger partial charge in [-0.25, -0.2) is 0 Å². The third-order valence-corrected chi connectivity index (χ3v) is 12.0. The fourth-order valence-corrected chi connectivity index (χ4v) is 10.5.